The molecule has 2 rings (SSSR count). The average molecular weight is 391 g/mol. The van der Waals surface area contributed by atoms with Crippen LogP contribution >= 0.6 is 0 Å². The second-order valence-corrected chi connectivity index (χ2v) is 8.06. The molecule has 27 heavy (non-hydrogen) atoms. The van der Waals surface area contributed by atoms with Crippen molar-refractivity contribution in [2.75, 3.05) is 22.5 Å². The van der Waals surface area contributed by atoms with Gasteiger partial charge in [0.25, 0.3) is 0 Å². The number of amides is 1. The number of hydrogen-bond acceptors (Lipinski definition) is 4. The van der Waals surface area contributed by atoms with Crippen LogP contribution in [0.4, 0.5) is 11.4 Å². The number of carbonyl (C=O) groups is 1. The minimum absolute atomic E-state index is 0.404. The molecule has 6 nitrogen and oxygen atoms in total. The SMILES string of the molecule is CCOc1ccc(N(C(C)C(=O)Nc2ccc(CC)cc2)S(C)(=O)=O)cc1. The van der Waals surface area contributed by atoms with E-state index in [1.165, 1.54) is 0 Å². The lowest BCUT2D eigenvalue weighted by molar-refractivity contribution is -0.116. The lowest BCUT2D eigenvalue weighted by Crippen LogP contribution is -2.45. The van der Waals surface area contributed by atoms with Gasteiger partial charge in [0.2, 0.25) is 15.9 Å². The molecule has 1 amide bonds. The lowest BCUT2D eigenvalue weighted by Gasteiger charge is -2.28. The van der Waals surface area contributed by atoms with Gasteiger partial charge in [0.1, 0.15) is 11.8 Å². The Hall–Kier alpha value is -2.54. The zero-order valence-corrected chi connectivity index (χ0v) is 16.9. The van der Waals surface area contributed by atoms with Crippen molar-refractivity contribution < 1.29 is 17.9 Å². The van der Waals surface area contributed by atoms with E-state index in [1.54, 1.807) is 31.2 Å². The van der Waals surface area contributed by atoms with Crippen LogP contribution in [0.5, 0.6) is 5.75 Å². The number of sulfonamides is 1. The van der Waals surface area contributed by atoms with E-state index in [2.05, 4.69) is 12.2 Å². The molecule has 7 heteroatoms. The minimum atomic E-state index is -3.66. The molecule has 0 radical (unpaired) electrons. The standard InChI is InChI=1S/C20H26N2O4S/c1-5-16-7-9-17(10-8-16)21-20(23)15(3)22(27(4,24)25)18-11-13-19(14-12-18)26-6-2/h7-15H,5-6H2,1-4H3,(H,21,23). The van der Waals surface area contributed by atoms with Crippen LogP contribution in [-0.4, -0.2) is 33.2 Å². The molecule has 0 bridgehead atoms. The summed E-state index contributed by atoms with van der Waals surface area (Å²) < 4.78 is 31.2. The van der Waals surface area contributed by atoms with Gasteiger partial charge >= 0.3 is 0 Å². The van der Waals surface area contributed by atoms with Crippen molar-refractivity contribution >= 4 is 27.3 Å². The number of anilines is 2. The Morgan fingerprint density at radius 1 is 1.07 bits per heavy atom. The van der Waals surface area contributed by atoms with Crippen LogP contribution in [0, 0.1) is 0 Å². The number of ether oxygens (including phenoxy) is 1. The van der Waals surface area contributed by atoms with Crippen LogP contribution in [0.2, 0.25) is 0 Å². The Morgan fingerprint density at radius 2 is 1.67 bits per heavy atom. The van der Waals surface area contributed by atoms with Gasteiger partial charge in [-0.2, -0.15) is 0 Å². The molecule has 2 aromatic rings. The van der Waals surface area contributed by atoms with Crippen LogP contribution in [0.15, 0.2) is 48.5 Å². The number of benzene rings is 2. The molecule has 1 atom stereocenters. The number of nitrogens with one attached hydrogen (secondary N) is 1. The molecule has 0 fully saturated rings. The summed E-state index contributed by atoms with van der Waals surface area (Å²) in [6, 6.07) is 13.2. The predicted molar refractivity (Wildman–Crippen MR) is 109 cm³/mol. The normalized spacial score (nSPS) is 12.3. The average Bonchev–Trinajstić information content (AvgIpc) is 2.63. The topological polar surface area (TPSA) is 75.7 Å². The highest BCUT2D eigenvalue weighted by Gasteiger charge is 2.29. The summed E-state index contributed by atoms with van der Waals surface area (Å²) in [5.41, 5.74) is 2.20. The first kappa shape index (κ1) is 20.8. The summed E-state index contributed by atoms with van der Waals surface area (Å²) in [6.45, 7) is 6.00. The molecular weight excluding hydrogens is 364 g/mol. The fraction of sp³-hybridized carbons (Fsp3) is 0.350. The molecule has 1 unspecified atom stereocenters. The highest BCUT2D eigenvalue weighted by Crippen LogP contribution is 2.24. The number of carbonyl (C=O) groups excluding carboxylic acids is 1. The van der Waals surface area contributed by atoms with E-state index in [4.69, 9.17) is 4.74 Å². The van der Waals surface area contributed by atoms with Gasteiger partial charge < -0.3 is 10.1 Å². The number of aryl methyl sites for hydroxylation is 1. The van der Waals surface area contributed by atoms with Gasteiger partial charge in [-0.05, 0) is 62.2 Å². The van der Waals surface area contributed by atoms with Gasteiger partial charge in [0.15, 0.2) is 0 Å². The Bertz CT molecular complexity index is 862. The van der Waals surface area contributed by atoms with Crippen molar-refractivity contribution in [3.63, 3.8) is 0 Å². The maximum atomic E-state index is 12.7. The second kappa shape index (κ2) is 8.90. The fourth-order valence-electron chi connectivity index (χ4n) is 2.74. The maximum absolute atomic E-state index is 12.7. The third kappa shape index (κ3) is 5.47. The Labute approximate surface area is 161 Å². The third-order valence-electron chi connectivity index (χ3n) is 4.12. The van der Waals surface area contributed by atoms with E-state index in [-0.39, 0.29) is 0 Å². The van der Waals surface area contributed by atoms with Crippen LogP contribution in [0.3, 0.4) is 0 Å². The quantitative estimate of drug-likeness (QED) is 0.749. The van der Waals surface area contributed by atoms with Gasteiger partial charge in [-0.25, -0.2) is 8.42 Å². The van der Waals surface area contributed by atoms with E-state index >= 15 is 0 Å². The second-order valence-electron chi connectivity index (χ2n) is 6.20. The van der Waals surface area contributed by atoms with Crippen LogP contribution in [-0.2, 0) is 21.2 Å². The molecule has 0 spiro atoms. The largest absolute Gasteiger partial charge is 0.494 e. The van der Waals surface area contributed by atoms with Crippen molar-refractivity contribution in [1.82, 2.24) is 0 Å². The first-order valence-corrected chi connectivity index (χ1v) is 10.7. The number of rotatable bonds is 8. The summed E-state index contributed by atoms with van der Waals surface area (Å²) in [5.74, 6) is 0.237. The predicted octanol–water partition coefficient (Wildman–Crippen LogP) is 3.44. The van der Waals surface area contributed by atoms with Crippen molar-refractivity contribution in [3.8, 4) is 5.75 Å². The van der Waals surface area contributed by atoms with Crippen molar-refractivity contribution in [3.05, 3.63) is 54.1 Å². The molecule has 0 aliphatic heterocycles. The lowest BCUT2D eigenvalue weighted by atomic mass is 10.1. The Morgan fingerprint density at radius 3 is 2.15 bits per heavy atom. The van der Waals surface area contributed by atoms with E-state index in [0.717, 1.165) is 22.5 Å². The van der Waals surface area contributed by atoms with Gasteiger partial charge in [-0.3, -0.25) is 9.10 Å². The van der Waals surface area contributed by atoms with E-state index < -0.39 is 22.0 Å². The van der Waals surface area contributed by atoms with Crippen LogP contribution in [0.1, 0.15) is 26.3 Å². The molecule has 0 heterocycles. The monoisotopic (exact) mass is 390 g/mol. The Kier molecular flexibility index (Phi) is 6.85. The fourth-order valence-corrected chi connectivity index (χ4v) is 3.91. The number of hydrogen-bond donors (Lipinski definition) is 1. The molecule has 2 aromatic carbocycles. The van der Waals surface area contributed by atoms with Crippen molar-refractivity contribution in [2.45, 2.75) is 33.2 Å². The molecular formula is C20H26N2O4S. The third-order valence-corrected chi connectivity index (χ3v) is 5.36. The molecule has 1 N–H and O–H groups in total. The zero-order valence-electron chi connectivity index (χ0n) is 16.1. The Balaban J connectivity index is 2.23. The minimum Gasteiger partial charge on any atom is -0.494 e. The van der Waals surface area contributed by atoms with E-state index in [0.29, 0.717) is 23.7 Å². The highest BCUT2D eigenvalue weighted by molar-refractivity contribution is 7.92. The molecule has 0 aliphatic rings. The molecule has 0 aliphatic carbocycles. The van der Waals surface area contributed by atoms with Gasteiger partial charge in [-0.1, -0.05) is 19.1 Å². The summed E-state index contributed by atoms with van der Waals surface area (Å²) >= 11 is 0. The van der Waals surface area contributed by atoms with Gasteiger partial charge in [0, 0.05) is 5.69 Å². The first-order chi connectivity index (χ1) is 12.8. The van der Waals surface area contributed by atoms with E-state index in [1.807, 2.05) is 31.2 Å². The summed E-state index contributed by atoms with van der Waals surface area (Å²) in [4.78, 5) is 12.7. The molecule has 146 valence electrons. The van der Waals surface area contributed by atoms with Gasteiger partial charge in [0.05, 0.1) is 18.6 Å². The summed E-state index contributed by atoms with van der Waals surface area (Å²) in [6.07, 6.45) is 1.99. The molecule has 0 saturated heterocycles. The zero-order chi connectivity index (χ0) is 20.0. The molecule has 0 saturated carbocycles. The van der Waals surface area contributed by atoms with Crippen molar-refractivity contribution in [2.24, 2.45) is 0 Å². The van der Waals surface area contributed by atoms with Gasteiger partial charge in [-0.15, -0.1) is 0 Å². The first-order valence-electron chi connectivity index (χ1n) is 8.88. The van der Waals surface area contributed by atoms with Crippen LogP contribution < -0.4 is 14.4 Å². The van der Waals surface area contributed by atoms with Crippen LogP contribution in [0.25, 0.3) is 0 Å². The number of nitrogens with zero attached hydrogens (tertiary/aromatic N) is 1. The maximum Gasteiger partial charge on any atom is 0.247 e. The summed E-state index contributed by atoms with van der Waals surface area (Å²) in [5, 5.41) is 2.78. The molecule has 0 aromatic heterocycles. The van der Waals surface area contributed by atoms with E-state index in [9.17, 15) is 13.2 Å². The highest BCUT2D eigenvalue weighted by atomic mass is 32.2. The summed E-state index contributed by atoms with van der Waals surface area (Å²) in [7, 11) is -3.66. The smallest absolute Gasteiger partial charge is 0.247 e. The van der Waals surface area contributed by atoms with Crippen molar-refractivity contribution in [1.29, 1.82) is 0 Å².